The van der Waals surface area contributed by atoms with E-state index in [0.29, 0.717) is 6.04 Å². The van der Waals surface area contributed by atoms with Gasteiger partial charge in [0.25, 0.3) is 0 Å². The van der Waals surface area contributed by atoms with E-state index >= 15 is 0 Å². The predicted octanol–water partition coefficient (Wildman–Crippen LogP) is 3.04. The summed E-state index contributed by atoms with van der Waals surface area (Å²) in [6.45, 7) is 7.08. The molecule has 1 aromatic carbocycles. The van der Waals surface area contributed by atoms with E-state index in [1.165, 1.54) is 50.9 Å². The highest BCUT2D eigenvalue weighted by atomic mass is 15.2. The van der Waals surface area contributed by atoms with Gasteiger partial charge in [0.05, 0.1) is 0 Å². The summed E-state index contributed by atoms with van der Waals surface area (Å²) in [5.41, 5.74) is 1.39. The van der Waals surface area contributed by atoms with Crippen LogP contribution < -0.4 is 5.32 Å². The third kappa shape index (κ3) is 4.43. The lowest BCUT2D eigenvalue weighted by Crippen LogP contribution is -2.45. The van der Waals surface area contributed by atoms with Gasteiger partial charge in [-0.1, -0.05) is 43.7 Å². The zero-order valence-corrected chi connectivity index (χ0v) is 11.6. The van der Waals surface area contributed by atoms with Crippen LogP contribution >= 0.6 is 0 Å². The van der Waals surface area contributed by atoms with Crippen molar-refractivity contribution in [3.8, 4) is 0 Å². The van der Waals surface area contributed by atoms with Gasteiger partial charge in [-0.15, -0.1) is 0 Å². The number of likely N-dealkylation sites (tertiary alicyclic amines) is 1. The van der Waals surface area contributed by atoms with Crippen LogP contribution in [0.15, 0.2) is 30.3 Å². The number of hydrogen-bond donors (Lipinski definition) is 1. The average molecular weight is 246 g/mol. The fraction of sp³-hybridized carbons (Fsp3) is 0.625. The van der Waals surface area contributed by atoms with Crippen LogP contribution in [-0.4, -0.2) is 30.6 Å². The molecule has 2 heteroatoms. The van der Waals surface area contributed by atoms with Gasteiger partial charge in [0.1, 0.15) is 0 Å². The van der Waals surface area contributed by atoms with Crippen molar-refractivity contribution in [2.24, 2.45) is 0 Å². The molecule has 1 unspecified atom stereocenters. The van der Waals surface area contributed by atoms with Crippen LogP contribution in [0.25, 0.3) is 0 Å². The first-order valence-corrected chi connectivity index (χ1v) is 7.38. The second-order valence-corrected chi connectivity index (χ2v) is 5.36. The number of rotatable bonds is 6. The lowest BCUT2D eigenvalue weighted by molar-refractivity contribution is 0.187. The molecule has 1 aromatic rings. The molecule has 0 saturated carbocycles. The highest BCUT2D eigenvalue weighted by molar-refractivity contribution is 5.14. The Bertz CT molecular complexity index is 323. The van der Waals surface area contributed by atoms with Crippen molar-refractivity contribution >= 4 is 0 Å². The van der Waals surface area contributed by atoms with E-state index < -0.39 is 0 Å². The van der Waals surface area contributed by atoms with Crippen molar-refractivity contribution in [2.45, 2.75) is 45.2 Å². The molecular weight excluding hydrogens is 220 g/mol. The number of piperidine rings is 1. The molecule has 2 nitrogen and oxygen atoms in total. The molecular formula is C16H26N2. The van der Waals surface area contributed by atoms with Crippen LogP contribution in [0.4, 0.5) is 0 Å². The number of hydrogen-bond acceptors (Lipinski definition) is 2. The second kappa shape index (κ2) is 7.55. The summed E-state index contributed by atoms with van der Waals surface area (Å²) in [5.74, 6) is 0. The van der Waals surface area contributed by atoms with Crippen molar-refractivity contribution in [3.63, 3.8) is 0 Å². The molecule has 0 bridgehead atoms. The van der Waals surface area contributed by atoms with E-state index in [9.17, 15) is 0 Å². The zero-order valence-electron chi connectivity index (χ0n) is 11.6. The summed E-state index contributed by atoms with van der Waals surface area (Å²) in [6.07, 6.45) is 5.32. The van der Waals surface area contributed by atoms with Crippen molar-refractivity contribution in [1.82, 2.24) is 10.2 Å². The van der Waals surface area contributed by atoms with E-state index in [1.54, 1.807) is 0 Å². The monoisotopic (exact) mass is 246 g/mol. The molecule has 1 N–H and O–H groups in total. The largest absolute Gasteiger partial charge is 0.309 e. The summed E-state index contributed by atoms with van der Waals surface area (Å²) < 4.78 is 0. The minimum atomic E-state index is 0.677. The molecule has 2 rings (SSSR count). The highest BCUT2D eigenvalue weighted by Gasteiger charge is 2.18. The summed E-state index contributed by atoms with van der Waals surface area (Å²) in [7, 11) is 0. The minimum Gasteiger partial charge on any atom is -0.309 e. The van der Waals surface area contributed by atoms with Gasteiger partial charge in [-0.2, -0.15) is 0 Å². The summed E-state index contributed by atoms with van der Waals surface area (Å²) in [4.78, 5) is 2.62. The molecule has 1 atom stereocenters. The maximum atomic E-state index is 3.70. The van der Waals surface area contributed by atoms with Crippen molar-refractivity contribution in [1.29, 1.82) is 0 Å². The van der Waals surface area contributed by atoms with Crippen molar-refractivity contribution in [3.05, 3.63) is 35.9 Å². The highest BCUT2D eigenvalue weighted by Crippen LogP contribution is 2.11. The van der Waals surface area contributed by atoms with Crippen LogP contribution in [0.3, 0.4) is 0 Å². The summed E-state index contributed by atoms with van der Waals surface area (Å²) >= 11 is 0. The van der Waals surface area contributed by atoms with E-state index in [1.807, 2.05) is 0 Å². The van der Waals surface area contributed by atoms with Crippen LogP contribution in [0, 0.1) is 0 Å². The lowest BCUT2D eigenvalue weighted by atomic mass is 10.0. The first-order chi connectivity index (χ1) is 8.88. The Morgan fingerprint density at radius 3 is 2.89 bits per heavy atom. The molecule has 0 radical (unpaired) electrons. The van der Waals surface area contributed by atoms with E-state index in [2.05, 4.69) is 47.5 Å². The number of nitrogens with zero attached hydrogens (tertiary/aromatic N) is 1. The predicted molar refractivity (Wildman–Crippen MR) is 77.7 cm³/mol. The second-order valence-electron chi connectivity index (χ2n) is 5.36. The molecule has 1 aliphatic heterocycles. The maximum absolute atomic E-state index is 3.70. The Balaban J connectivity index is 1.72. The van der Waals surface area contributed by atoms with E-state index in [0.717, 1.165) is 6.54 Å². The Labute approximate surface area is 111 Å². The van der Waals surface area contributed by atoms with E-state index in [4.69, 9.17) is 0 Å². The van der Waals surface area contributed by atoms with Crippen LogP contribution in [-0.2, 0) is 6.54 Å². The van der Waals surface area contributed by atoms with E-state index in [-0.39, 0.29) is 0 Å². The van der Waals surface area contributed by atoms with Crippen LogP contribution in [0.2, 0.25) is 0 Å². The SMILES string of the molecule is CCCCN1CCCC(NCc2ccccc2)C1. The molecule has 1 saturated heterocycles. The Kier molecular flexibility index (Phi) is 5.69. The Morgan fingerprint density at radius 1 is 1.28 bits per heavy atom. The van der Waals surface area contributed by atoms with Gasteiger partial charge in [0.2, 0.25) is 0 Å². The van der Waals surface area contributed by atoms with Crippen molar-refractivity contribution < 1.29 is 0 Å². The molecule has 1 fully saturated rings. The number of unbranched alkanes of at least 4 members (excludes halogenated alkanes) is 1. The normalized spacial score (nSPS) is 21.1. The lowest BCUT2D eigenvalue weighted by Gasteiger charge is -2.33. The smallest absolute Gasteiger partial charge is 0.0208 e. The van der Waals surface area contributed by atoms with Crippen molar-refractivity contribution in [2.75, 3.05) is 19.6 Å². The molecule has 0 aliphatic carbocycles. The first kappa shape index (κ1) is 13.6. The topological polar surface area (TPSA) is 15.3 Å². The minimum absolute atomic E-state index is 0.677. The molecule has 0 amide bonds. The molecule has 1 heterocycles. The van der Waals surface area contributed by atoms with Gasteiger partial charge in [-0.05, 0) is 37.9 Å². The van der Waals surface area contributed by atoms with Gasteiger partial charge < -0.3 is 10.2 Å². The fourth-order valence-electron chi connectivity index (χ4n) is 2.67. The zero-order chi connectivity index (χ0) is 12.6. The van der Waals surface area contributed by atoms with Gasteiger partial charge in [-0.3, -0.25) is 0 Å². The molecule has 0 aromatic heterocycles. The van der Waals surface area contributed by atoms with Gasteiger partial charge in [0, 0.05) is 19.1 Å². The van der Waals surface area contributed by atoms with Gasteiger partial charge in [-0.25, -0.2) is 0 Å². The maximum Gasteiger partial charge on any atom is 0.0208 e. The van der Waals surface area contributed by atoms with Crippen LogP contribution in [0.1, 0.15) is 38.2 Å². The van der Waals surface area contributed by atoms with Crippen LogP contribution in [0.5, 0.6) is 0 Å². The summed E-state index contributed by atoms with van der Waals surface area (Å²) in [6, 6.07) is 11.4. The third-order valence-corrected chi connectivity index (χ3v) is 3.77. The third-order valence-electron chi connectivity index (χ3n) is 3.77. The van der Waals surface area contributed by atoms with Gasteiger partial charge in [0.15, 0.2) is 0 Å². The van der Waals surface area contributed by atoms with Gasteiger partial charge >= 0.3 is 0 Å². The first-order valence-electron chi connectivity index (χ1n) is 7.38. The standard InChI is InChI=1S/C16H26N2/c1-2-3-11-18-12-7-10-16(14-18)17-13-15-8-5-4-6-9-15/h4-6,8-9,16-17H,2-3,7,10-14H2,1H3. The Hall–Kier alpha value is -0.860. The molecule has 0 spiro atoms. The fourth-order valence-corrected chi connectivity index (χ4v) is 2.67. The summed E-state index contributed by atoms with van der Waals surface area (Å²) in [5, 5.41) is 3.70. The average Bonchev–Trinajstić information content (AvgIpc) is 2.44. The molecule has 18 heavy (non-hydrogen) atoms. The molecule has 1 aliphatic rings. The Morgan fingerprint density at radius 2 is 2.11 bits per heavy atom. The number of nitrogens with one attached hydrogen (secondary N) is 1. The molecule has 100 valence electrons. The quantitative estimate of drug-likeness (QED) is 0.830. The number of benzene rings is 1.